The Morgan fingerprint density at radius 3 is 2.53 bits per heavy atom. The van der Waals surface area contributed by atoms with Gasteiger partial charge >= 0.3 is 6.18 Å². The van der Waals surface area contributed by atoms with Crippen LogP contribution < -0.4 is 5.56 Å². The average Bonchev–Trinajstić information content (AvgIpc) is 3.65. The van der Waals surface area contributed by atoms with Crippen LogP contribution in [-0.4, -0.2) is 14.5 Å². The van der Waals surface area contributed by atoms with E-state index in [4.69, 9.17) is 16.6 Å². The van der Waals surface area contributed by atoms with Crippen molar-refractivity contribution < 1.29 is 22.0 Å². The van der Waals surface area contributed by atoms with Crippen molar-refractivity contribution in [3.8, 4) is 11.4 Å². The summed E-state index contributed by atoms with van der Waals surface area (Å²) < 4.78 is 68.3. The second-order valence-corrected chi connectivity index (χ2v) is 10.7. The molecule has 0 saturated heterocycles. The summed E-state index contributed by atoms with van der Waals surface area (Å²) in [6.07, 6.45) is -4.50. The van der Waals surface area contributed by atoms with Crippen LogP contribution in [0.15, 0.2) is 59.5 Å². The zero-order chi connectivity index (χ0) is 26.8. The number of alkyl halides is 5. The molecule has 38 heavy (non-hydrogen) atoms. The third-order valence-corrected chi connectivity index (χ3v) is 7.88. The van der Waals surface area contributed by atoms with Crippen LogP contribution in [0.2, 0.25) is 5.02 Å². The Kier molecular flexibility index (Phi) is 5.99. The maximum absolute atomic E-state index is 14.0. The van der Waals surface area contributed by atoms with Crippen molar-refractivity contribution in [2.75, 3.05) is 0 Å². The first-order valence-corrected chi connectivity index (χ1v) is 12.9. The van der Waals surface area contributed by atoms with E-state index in [1.54, 1.807) is 24.3 Å². The lowest BCUT2D eigenvalue weighted by molar-refractivity contribution is -0.141. The number of benzene rings is 2. The molecule has 11 heteroatoms. The van der Waals surface area contributed by atoms with Gasteiger partial charge in [-0.05, 0) is 54.2 Å². The predicted molar refractivity (Wildman–Crippen MR) is 137 cm³/mol. The van der Waals surface area contributed by atoms with Crippen molar-refractivity contribution >= 4 is 43.2 Å². The van der Waals surface area contributed by atoms with Gasteiger partial charge in [-0.2, -0.15) is 13.2 Å². The molecule has 1 saturated carbocycles. The first-order chi connectivity index (χ1) is 18.1. The minimum absolute atomic E-state index is 0.0682. The highest BCUT2D eigenvalue weighted by molar-refractivity contribution is 7.25. The minimum atomic E-state index is -4.59. The van der Waals surface area contributed by atoms with Gasteiger partial charge in [-0.3, -0.25) is 14.3 Å². The Bertz CT molecular complexity index is 1760. The van der Waals surface area contributed by atoms with Crippen LogP contribution in [0.1, 0.15) is 47.6 Å². The molecule has 0 unspecified atom stereocenters. The van der Waals surface area contributed by atoms with E-state index in [1.807, 2.05) is 0 Å². The number of fused-ring (bicyclic) bond motifs is 3. The van der Waals surface area contributed by atoms with E-state index in [1.165, 1.54) is 34.1 Å². The smallest absolute Gasteiger partial charge is 0.287 e. The van der Waals surface area contributed by atoms with Crippen molar-refractivity contribution in [3.63, 3.8) is 0 Å². The molecule has 0 N–H and O–H groups in total. The first kappa shape index (κ1) is 24.9. The van der Waals surface area contributed by atoms with E-state index in [0.29, 0.717) is 37.3 Å². The van der Waals surface area contributed by atoms with Gasteiger partial charge in [0.25, 0.3) is 12.0 Å². The molecule has 6 rings (SSSR count). The van der Waals surface area contributed by atoms with Crippen LogP contribution in [-0.2, 0) is 12.7 Å². The summed E-state index contributed by atoms with van der Waals surface area (Å²) in [5.41, 5.74) is 0.0416. The molecule has 1 fully saturated rings. The zero-order valence-corrected chi connectivity index (χ0v) is 21.0. The third-order valence-electron chi connectivity index (χ3n) is 6.60. The average molecular weight is 562 g/mol. The number of thiophene rings is 1. The lowest BCUT2D eigenvalue weighted by Gasteiger charge is -2.17. The first-order valence-electron chi connectivity index (χ1n) is 11.7. The van der Waals surface area contributed by atoms with Gasteiger partial charge in [0, 0.05) is 32.4 Å². The largest absolute Gasteiger partial charge is 0.433 e. The molecule has 0 amide bonds. The molecule has 4 nitrogen and oxygen atoms in total. The van der Waals surface area contributed by atoms with Gasteiger partial charge in [0.2, 0.25) is 0 Å². The number of pyridine rings is 1. The van der Waals surface area contributed by atoms with Crippen LogP contribution in [0.4, 0.5) is 22.0 Å². The Hall–Kier alpha value is -3.37. The normalized spacial score (nSPS) is 14.2. The number of aromatic nitrogens is 3. The number of hydrogen-bond acceptors (Lipinski definition) is 4. The summed E-state index contributed by atoms with van der Waals surface area (Å²) in [7, 11) is 0. The van der Waals surface area contributed by atoms with Crippen molar-refractivity contribution in [1.29, 1.82) is 0 Å². The van der Waals surface area contributed by atoms with E-state index >= 15 is 0 Å². The zero-order valence-electron chi connectivity index (χ0n) is 19.4. The molecule has 2 aromatic carbocycles. The molecule has 1 aliphatic carbocycles. The predicted octanol–water partition coefficient (Wildman–Crippen LogP) is 8.21. The van der Waals surface area contributed by atoms with Gasteiger partial charge in [-0.1, -0.05) is 35.9 Å². The highest BCUT2D eigenvalue weighted by atomic mass is 35.5. The number of halogens is 6. The Labute approximate surface area is 221 Å². The second-order valence-electron chi connectivity index (χ2n) is 9.22. The van der Waals surface area contributed by atoms with E-state index in [9.17, 15) is 26.7 Å². The van der Waals surface area contributed by atoms with Crippen molar-refractivity contribution in [1.82, 2.24) is 14.5 Å². The molecule has 0 aliphatic heterocycles. The molecular formula is C27H17ClF5N3OS. The number of rotatable bonds is 5. The topological polar surface area (TPSA) is 47.8 Å². The van der Waals surface area contributed by atoms with Crippen molar-refractivity contribution in [2.24, 2.45) is 0 Å². The molecule has 1 aliphatic rings. The van der Waals surface area contributed by atoms with Crippen molar-refractivity contribution in [2.45, 2.75) is 37.9 Å². The molecular weight excluding hydrogens is 545 g/mol. The fourth-order valence-electron chi connectivity index (χ4n) is 4.60. The maximum Gasteiger partial charge on any atom is 0.433 e. The van der Waals surface area contributed by atoms with E-state index in [-0.39, 0.29) is 23.9 Å². The summed E-state index contributed by atoms with van der Waals surface area (Å²) in [5.74, 6) is 0.335. The molecule has 194 valence electrons. The molecule has 0 bridgehead atoms. The third kappa shape index (κ3) is 4.45. The fourth-order valence-corrected chi connectivity index (χ4v) is 5.95. The van der Waals surface area contributed by atoms with Crippen LogP contribution in [0.5, 0.6) is 0 Å². The molecule has 0 radical (unpaired) electrons. The number of hydrogen-bond donors (Lipinski definition) is 0. The Morgan fingerprint density at radius 1 is 1.08 bits per heavy atom. The van der Waals surface area contributed by atoms with Crippen molar-refractivity contribution in [3.05, 3.63) is 92.5 Å². The molecule has 5 aromatic rings. The minimum Gasteiger partial charge on any atom is -0.287 e. The summed E-state index contributed by atoms with van der Waals surface area (Å²) in [6, 6.07) is 11.6. The Morgan fingerprint density at radius 2 is 1.87 bits per heavy atom. The molecule has 0 spiro atoms. The van der Waals surface area contributed by atoms with Gasteiger partial charge in [0.1, 0.15) is 16.3 Å². The van der Waals surface area contributed by atoms with Crippen LogP contribution in [0.3, 0.4) is 0 Å². The lowest BCUT2D eigenvalue weighted by Crippen LogP contribution is -2.24. The van der Waals surface area contributed by atoms with Crippen LogP contribution >= 0.6 is 22.9 Å². The van der Waals surface area contributed by atoms with Gasteiger partial charge < -0.3 is 0 Å². The maximum atomic E-state index is 14.0. The van der Waals surface area contributed by atoms with Gasteiger partial charge in [-0.25, -0.2) is 13.8 Å². The lowest BCUT2D eigenvalue weighted by atomic mass is 9.99. The summed E-state index contributed by atoms with van der Waals surface area (Å²) in [5, 5.41) is 1.52. The SMILES string of the molecule is O=c1c2c(nc(-c3ccc(C(F)F)cc3C3CC3)n1Cc1ccc(C(F)(F)F)nc1)sc1cc(Cl)ccc12. The van der Waals surface area contributed by atoms with E-state index in [2.05, 4.69) is 4.98 Å². The number of nitrogens with zero attached hydrogens (tertiary/aromatic N) is 3. The van der Waals surface area contributed by atoms with E-state index < -0.39 is 23.9 Å². The highest BCUT2D eigenvalue weighted by Crippen LogP contribution is 2.45. The standard InChI is InChI=1S/C27H17ClF5N3OS/c28-16-5-7-18-20(10-16)38-25-22(18)26(37)36(12-13-1-8-21(34-11-13)27(31,32)33)24(35-25)17-6-4-15(23(29)30)9-19(17)14-2-3-14/h1,4-11,14,23H,2-3,12H2. The second kappa shape index (κ2) is 9.13. The monoisotopic (exact) mass is 561 g/mol. The fraction of sp³-hybridized carbons (Fsp3) is 0.222. The van der Waals surface area contributed by atoms with Gasteiger partial charge in [0.05, 0.1) is 11.9 Å². The molecule has 3 heterocycles. The highest BCUT2D eigenvalue weighted by Gasteiger charge is 2.32. The summed E-state index contributed by atoms with van der Waals surface area (Å²) in [6.45, 7) is -0.103. The Balaban J connectivity index is 1.59. The summed E-state index contributed by atoms with van der Waals surface area (Å²) in [4.78, 5) is 22.8. The van der Waals surface area contributed by atoms with Gasteiger partial charge in [-0.15, -0.1) is 11.3 Å². The van der Waals surface area contributed by atoms with Gasteiger partial charge in [0.15, 0.2) is 0 Å². The summed E-state index contributed by atoms with van der Waals surface area (Å²) >= 11 is 7.44. The van der Waals surface area contributed by atoms with Crippen LogP contribution in [0.25, 0.3) is 31.7 Å². The molecule has 3 aromatic heterocycles. The van der Waals surface area contributed by atoms with E-state index in [0.717, 1.165) is 29.8 Å². The molecule has 0 atom stereocenters. The van der Waals surface area contributed by atoms with Crippen LogP contribution in [0, 0.1) is 0 Å². The quantitative estimate of drug-likeness (QED) is 0.203.